The summed E-state index contributed by atoms with van der Waals surface area (Å²) in [7, 11) is 0. The summed E-state index contributed by atoms with van der Waals surface area (Å²) in [5.74, 6) is -0.335. The zero-order chi connectivity index (χ0) is 15.0. The summed E-state index contributed by atoms with van der Waals surface area (Å²) in [4.78, 5) is 19.5. The summed E-state index contributed by atoms with van der Waals surface area (Å²) in [5, 5.41) is 12.8. The molecule has 2 aromatic heterocycles. The number of benzene rings is 1. The Hall–Kier alpha value is -2.89. The van der Waals surface area contributed by atoms with Gasteiger partial charge in [0.2, 0.25) is 5.71 Å². The van der Waals surface area contributed by atoms with E-state index in [1.54, 1.807) is 6.92 Å². The van der Waals surface area contributed by atoms with Crippen LogP contribution in [0, 0.1) is 13.8 Å². The van der Waals surface area contributed by atoms with Crippen LogP contribution in [0.5, 0.6) is 0 Å². The predicted molar refractivity (Wildman–Crippen MR) is 78.0 cm³/mol. The van der Waals surface area contributed by atoms with E-state index in [1.165, 1.54) is 6.33 Å². The molecule has 0 saturated heterocycles. The molecule has 0 aliphatic heterocycles. The van der Waals surface area contributed by atoms with Crippen LogP contribution in [-0.2, 0) is 0 Å². The number of carboxylic acid groups (broad SMARTS) is 1. The summed E-state index contributed by atoms with van der Waals surface area (Å²) < 4.78 is 5.39. The molecule has 0 aliphatic rings. The lowest BCUT2D eigenvalue weighted by Gasteiger charge is -2.07. The Balaban J connectivity index is 2.16. The highest BCUT2D eigenvalue weighted by molar-refractivity contribution is 6.07. The van der Waals surface area contributed by atoms with E-state index in [9.17, 15) is 9.90 Å². The van der Waals surface area contributed by atoms with Crippen LogP contribution in [-0.4, -0.2) is 21.0 Å². The number of fused-ring (bicyclic) bond motifs is 1. The molecular weight excluding hydrogens is 270 g/mol. The summed E-state index contributed by atoms with van der Waals surface area (Å²) in [6, 6.07) is 7.72. The second-order valence-corrected chi connectivity index (χ2v) is 4.74. The highest BCUT2D eigenvalue weighted by atomic mass is 16.4. The third-order valence-electron chi connectivity index (χ3n) is 3.16. The molecule has 3 rings (SSSR count). The summed E-state index contributed by atoms with van der Waals surface area (Å²) >= 11 is 0. The van der Waals surface area contributed by atoms with E-state index >= 15 is 0 Å². The first kappa shape index (κ1) is 13.1. The van der Waals surface area contributed by atoms with Crippen LogP contribution < -0.4 is 5.32 Å². The smallest absolute Gasteiger partial charge is 0.340 e. The maximum Gasteiger partial charge on any atom is 0.340 e. The van der Waals surface area contributed by atoms with Crippen LogP contribution in [0.2, 0.25) is 0 Å². The fraction of sp³-hybridized carbons (Fsp3) is 0.133. The molecule has 0 bridgehead atoms. The average Bonchev–Trinajstić information content (AvgIpc) is 2.76. The van der Waals surface area contributed by atoms with E-state index in [2.05, 4.69) is 15.3 Å². The lowest BCUT2D eigenvalue weighted by atomic mass is 10.1. The summed E-state index contributed by atoms with van der Waals surface area (Å²) in [6.07, 6.45) is 1.34. The van der Waals surface area contributed by atoms with Gasteiger partial charge in [-0.25, -0.2) is 14.8 Å². The van der Waals surface area contributed by atoms with Crippen LogP contribution >= 0.6 is 0 Å². The van der Waals surface area contributed by atoms with Gasteiger partial charge in [-0.05, 0) is 31.5 Å². The van der Waals surface area contributed by atoms with Crippen molar-refractivity contribution in [3.8, 4) is 0 Å². The maximum atomic E-state index is 11.4. The Morgan fingerprint density at radius 1 is 1.29 bits per heavy atom. The third kappa shape index (κ3) is 2.31. The van der Waals surface area contributed by atoms with Crippen molar-refractivity contribution in [2.24, 2.45) is 0 Å². The molecule has 0 fully saturated rings. The number of nitrogens with one attached hydrogen (secondary N) is 1. The molecule has 2 heterocycles. The van der Waals surface area contributed by atoms with Gasteiger partial charge in [0.15, 0.2) is 0 Å². The van der Waals surface area contributed by atoms with Crippen LogP contribution in [0.1, 0.15) is 21.7 Å². The highest BCUT2D eigenvalue weighted by Crippen LogP contribution is 2.30. The SMILES string of the molecule is Cc1cccc(Nc2ncnc3oc(C)c(C(=O)O)c23)c1. The number of hydrogen-bond acceptors (Lipinski definition) is 5. The van der Waals surface area contributed by atoms with Crippen molar-refractivity contribution < 1.29 is 14.3 Å². The largest absolute Gasteiger partial charge is 0.478 e. The minimum Gasteiger partial charge on any atom is -0.478 e. The molecule has 3 aromatic rings. The number of nitrogens with zero attached hydrogens (tertiary/aromatic N) is 2. The topological polar surface area (TPSA) is 88.3 Å². The lowest BCUT2D eigenvalue weighted by Crippen LogP contribution is -2.01. The molecule has 106 valence electrons. The van der Waals surface area contributed by atoms with Gasteiger partial charge in [0.1, 0.15) is 23.5 Å². The van der Waals surface area contributed by atoms with Gasteiger partial charge in [-0.3, -0.25) is 0 Å². The van der Waals surface area contributed by atoms with E-state index in [1.807, 2.05) is 31.2 Å². The molecule has 0 unspecified atom stereocenters. The number of furan rings is 1. The first-order valence-corrected chi connectivity index (χ1v) is 6.37. The molecule has 6 heteroatoms. The minimum atomic E-state index is -1.06. The number of aryl methyl sites for hydroxylation is 2. The molecule has 0 saturated carbocycles. The number of aromatic carboxylic acids is 1. The Morgan fingerprint density at radius 3 is 2.81 bits per heavy atom. The van der Waals surface area contributed by atoms with Gasteiger partial charge in [0, 0.05) is 5.69 Å². The molecule has 0 spiro atoms. The second-order valence-electron chi connectivity index (χ2n) is 4.74. The maximum absolute atomic E-state index is 11.4. The second kappa shape index (κ2) is 4.90. The van der Waals surface area contributed by atoms with Crippen molar-refractivity contribution in [1.29, 1.82) is 0 Å². The average molecular weight is 283 g/mol. The Kier molecular flexibility index (Phi) is 3.06. The van der Waals surface area contributed by atoms with Crippen molar-refractivity contribution in [3.05, 3.63) is 47.5 Å². The number of anilines is 2. The van der Waals surface area contributed by atoms with Crippen molar-refractivity contribution in [3.63, 3.8) is 0 Å². The zero-order valence-electron chi connectivity index (χ0n) is 11.5. The van der Waals surface area contributed by atoms with Gasteiger partial charge < -0.3 is 14.8 Å². The number of carbonyl (C=O) groups is 1. The zero-order valence-corrected chi connectivity index (χ0v) is 11.5. The van der Waals surface area contributed by atoms with E-state index in [4.69, 9.17) is 4.42 Å². The molecule has 0 atom stereocenters. The van der Waals surface area contributed by atoms with Crippen LogP contribution in [0.25, 0.3) is 11.1 Å². The van der Waals surface area contributed by atoms with Gasteiger partial charge in [-0.2, -0.15) is 0 Å². The summed E-state index contributed by atoms with van der Waals surface area (Å²) in [5.41, 5.74) is 2.26. The summed E-state index contributed by atoms with van der Waals surface area (Å²) in [6.45, 7) is 3.58. The first-order chi connectivity index (χ1) is 10.1. The molecule has 0 aliphatic carbocycles. The first-order valence-electron chi connectivity index (χ1n) is 6.37. The van der Waals surface area contributed by atoms with E-state index in [0.29, 0.717) is 17.0 Å². The lowest BCUT2D eigenvalue weighted by molar-refractivity contribution is 0.0697. The monoisotopic (exact) mass is 283 g/mol. The van der Waals surface area contributed by atoms with E-state index < -0.39 is 5.97 Å². The normalized spacial score (nSPS) is 10.8. The van der Waals surface area contributed by atoms with Gasteiger partial charge in [-0.15, -0.1) is 0 Å². The number of hydrogen-bond donors (Lipinski definition) is 2. The quantitative estimate of drug-likeness (QED) is 0.766. The van der Waals surface area contributed by atoms with Crippen molar-refractivity contribution >= 4 is 28.6 Å². The molecule has 2 N–H and O–H groups in total. The van der Waals surface area contributed by atoms with Crippen molar-refractivity contribution in [1.82, 2.24) is 9.97 Å². The Bertz CT molecular complexity index is 839. The van der Waals surface area contributed by atoms with E-state index in [0.717, 1.165) is 11.3 Å². The Morgan fingerprint density at radius 2 is 2.10 bits per heavy atom. The molecule has 0 radical (unpaired) electrons. The van der Waals surface area contributed by atoms with Gasteiger partial charge in [-0.1, -0.05) is 12.1 Å². The molecule has 1 aromatic carbocycles. The number of carboxylic acids is 1. The fourth-order valence-corrected chi connectivity index (χ4v) is 2.26. The van der Waals surface area contributed by atoms with E-state index in [-0.39, 0.29) is 11.3 Å². The van der Waals surface area contributed by atoms with Gasteiger partial charge in [0.05, 0.1) is 5.39 Å². The minimum absolute atomic E-state index is 0.0840. The standard InChI is InChI=1S/C15H13N3O3/c1-8-4-3-5-10(6-8)18-13-12-11(15(19)20)9(2)21-14(12)17-7-16-13/h3-7H,1-2H3,(H,19,20)(H,16,17,18). The Labute approximate surface area is 120 Å². The molecule has 6 nitrogen and oxygen atoms in total. The predicted octanol–water partition coefficient (Wildman–Crippen LogP) is 3.28. The van der Waals surface area contributed by atoms with Crippen molar-refractivity contribution in [2.75, 3.05) is 5.32 Å². The number of rotatable bonds is 3. The van der Waals surface area contributed by atoms with Crippen LogP contribution in [0.3, 0.4) is 0 Å². The molecule has 21 heavy (non-hydrogen) atoms. The third-order valence-corrected chi connectivity index (χ3v) is 3.16. The van der Waals surface area contributed by atoms with Gasteiger partial charge in [0.25, 0.3) is 0 Å². The van der Waals surface area contributed by atoms with Crippen LogP contribution in [0.4, 0.5) is 11.5 Å². The van der Waals surface area contributed by atoms with Crippen molar-refractivity contribution in [2.45, 2.75) is 13.8 Å². The number of aromatic nitrogens is 2. The van der Waals surface area contributed by atoms with Crippen LogP contribution in [0.15, 0.2) is 35.0 Å². The molecular formula is C15H13N3O3. The molecule has 0 amide bonds. The highest BCUT2D eigenvalue weighted by Gasteiger charge is 2.22. The fourth-order valence-electron chi connectivity index (χ4n) is 2.26. The van der Waals surface area contributed by atoms with Gasteiger partial charge >= 0.3 is 5.97 Å².